The Morgan fingerprint density at radius 1 is 1.37 bits per heavy atom. The number of carbonyl (C=O) groups excluding carboxylic acids is 1. The Labute approximate surface area is 115 Å². The molecular formula is C12H16N2O4S. The van der Waals surface area contributed by atoms with E-state index in [1.54, 1.807) is 18.4 Å². The van der Waals surface area contributed by atoms with Crippen molar-refractivity contribution in [1.82, 2.24) is 9.88 Å². The van der Waals surface area contributed by atoms with Crippen molar-refractivity contribution >= 4 is 24.5 Å². The van der Waals surface area contributed by atoms with Crippen molar-refractivity contribution in [2.75, 3.05) is 5.75 Å². The van der Waals surface area contributed by atoms with Crippen LogP contribution in [0, 0.1) is 13.8 Å². The van der Waals surface area contributed by atoms with Crippen molar-refractivity contribution in [3.8, 4) is 0 Å². The fourth-order valence-corrected chi connectivity index (χ4v) is 1.95. The molecule has 104 valence electrons. The molecule has 0 saturated heterocycles. The first-order valence-corrected chi connectivity index (χ1v) is 6.29. The molecule has 1 atom stereocenters. The molecule has 7 heteroatoms. The molecule has 0 bridgehead atoms. The van der Waals surface area contributed by atoms with Gasteiger partial charge in [-0.25, -0.2) is 4.79 Å². The molecule has 0 spiro atoms. The Bertz CT molecular complexity index is 527. The average Bonchev–Trinajstić information content (AvgIpc) is 2.30. The third kappa shape index (κ3) is 4.13. The lowest BCUT2D eigenvalue weighted by molar-refractivity contribution is -0.141. The van der Waals surface area contributed by atoms with Crippen LogP contribution in [0.4, 0.5) is 0 Å². The first-order valence-electron chi connectivity index (χ1n) is 5.66. The van der Waals surface area contributed by atoms with E-state index in [1.165, 1.54) is 12.1 Å². The molecule has 19 heavy (non-hydrogen) atoms. The van der Waals surface area contributed by atoms with Crippen LogP contribution in [0.1, 0.15) is 11.4 Å². The summed E-state index contributed by atoms with van der Waals surface area (Å²) in [5.41, 5.74) is 1.18. The van der Waals surface area contributed by atoms with E-state index in [2.05, 4.69) is 17.9 Å². The van der Waals surface area contributed by atoms with E-state index < -0.39 is 17.9 Å². The van der Waals surface area contributed by atoms with Crippen molar-refractivity contribution in [2.45, 2.75) is 26.4 Å². The maximum Gasteiger partial charge on any atom is 0.327 e. The number of aliphatic carboxylic acids is 1. The van der Waals surface area contributed by atoms with Gasteiger partial charge in [-0.1, -0.05) is 0 Å². The molecule has 0 aliphatic rings. The van der Waals surface area contributed by atoms with E-state index in [4.69, 9.17) is 5.11 Å². The van der Waals surface area contributed by atoms with E-state index in [0.717, 1.165) is 0 Å². The average molecular weight is 284 g/mol. The molecule has 1 aromatic rings. The van der Waals surface area contributed by atoms with Gasteiger partial charge in [-0.15, -0.1) is 0 Å². The zero-order valence-electron chi connectivity index (χ0n) is 10.7. The summed E-state index contributed by atoms with van der Waals surface area (Å²) in [6.07, 6.45) is 0. The van der Waals surface area contributed by atoms with Gasteiger partial charge in [-0.05, 0) is 13.8 Å². The van der Waals surface area contributed by atoms with Crippen LogP contribution < -0.4 is 10.7 Å². The summed E-state index contributed by atoms with van der Waals surface area (Å²) in [5.74, 6) is -1.54. The summed E-state index contributed by atoms with van der Waals surface area (Å²) in [6.45, 7) is 3.40. The summed E-state index contributed by atoms with van der Waals surface area (Å²) in [5, 5.41) is 11.2. The first-order chi connectivity index (χ1) is 8.85. The van der Waals surface area contributed by atoms with Gasteiger partial charge in [0.1, 0.15) is 12.6 Å². The van der Waals surface area contributed by atoms with Gasteiger partial charge in [-0.3, -0.25) is 9.59 Å². The van der Waals surface area contributed by atoms with Crippen molar-refractivity contribution in [3.63, 3.8) is 0 Å². The lowest BCUT2D eigenvalue weighted by Gasteiger charge is -2.16. The van der Waals surface area contributed by atoms with E-state index in [0.29, 0.717) is 11.4 Å². The molecule has 6 nitrogen and oxygen atoms in total. The van der Waals surface area contributed by atoms with E-state index in [1.807, 2.05) is 0 Å². The summed E-state index contributed by atoms with van der Waals surface area (Å²) in [7, 11) is 0. The number of thiol groups is 1. The van der Waals surface area contributed by atoms with Gasteiger partial charge in [-0.2, -0.15) is 12.6 Å². The zero-order valence-corrected chi connectivity index (χ0v) is 11.6. The van der Waals surface area contributed by atoms with Crippen LogP contribution in [0.3, 0.4) is 0 Å². The Balaban J connectivity index is 2.83. The monoisotopic (exact) mass is 284 g/mol. The standard InChI is InChI=1S/C12H16N2O4S/c1-7-3-9(15)4-8(2)14(7)5-11(16)13-10(6-19)12(17)18/h3-4,10,19H,5-6H2,1-2H3,(H,13,16)(H,17,18). The van der Waals surface area contributed by atoms with Gasteiger partial charge in [0.05, 0.1) is 0 Å². The number of aryl methyl sites for hydroxylation is 2. The van der Waals surface area contributed by atoms with Crippen molar-refractivity contribution in [3.05, 3.63) is 33.7 Å². The number of hydrogen-bond acceptors (Lipinski definition) is 4. The second kappa shape index (κ2) is 6.42. The number of rotatable bonds is 5. The van der Waals surface area contributed by atoms with Crippen LogP contribution in [-0.2, 0) is 16.1 Å². The number of carbonyl (C=O) groups is 2. The molecule has 1 unspecified atom stereocenters. The highest BCUT2D eigenvalue weighted by Crippen LogP contribution is 2.01. The number of pyridine rings is 1. The smallest absolute Gasteiger partial charge is 0.327 e. The molecular weight excluding hydrogens is 268 g/mol. The third-order valence-electron chi connectivity index (χ3n) is 2.67. The lowest BCUT2D eigenvalue weighted by Crippen LogP contribution is -2.43. The Kier molecular flexibility index (Phi) is 5.17. The second-order valence-electron chi connectivity index (χ2n) is 4.20. The highest BCUT2D eigenvalue weighted by Gasteiger charge is 2.18. The molecule has 0 aliphatic heterocycles. The predicted octanol–water partition coefficient (Wildman–Crippen LogP) is -0.0357. The highest BCUT2D eigenvalue weighted by molar-refractivity contribution is 7.80. The van der Waals surface area contributed by atoms with E-state index in [-0.39, 0.29) is 17.7 Å². The Morgan fingerprint density at radius 3 is 2.32 bits per heavy atom. The molecule has 1 aromatic heterocycles. The number of aromatic nitrogens is 1. The molecule has 0 saturated carbocycles. The summed E-state index contributed by atoms with van der Waals surface area (Å²) in [4.78, 5) is 33.8. The molecule has 0 aromatic carbocycles. The van der Waals surface area contributed by atoms with Crippen LogP contribution in [-0.4, -0.2) is 33.3 Å². The van der Waals surface area contributed by atoms with E-state index >= 15 is 0 Å². The van der Waals surface area contributed by atoms with Crippen LogP contribution in [0.15, 0.2) is 16.9 Å². The van der Waals surface area contributed by atoms with Crippen LogP contribution in [0.25, 0.3) is 0 Å². The number of nitrogens with zero attached hydrogens (tertiary/aromatic N) is 1. The minimum atomic E-state index is -1.13. The van der Waals surface area contributed by atoms with Crippen molar-refractivity contribution in [2.24, 2.45) is 0 Å². The van der Waals surface area contributed by atoms with Gasteiger partial charge in [0.2, 0.25) is 5.91 Å². The van der Waals surface area contributed by atoms with E-state index in [9.17, 15) is 14.4 Å². The topological polar surface area (TPSA) is 88.4 Å². The Hall–Kier alpha value is -1.76. The number of carboxylic acid groups (broad SMARTS) is 1. The number of amides is 1. The van der Waals surface area contributed by atoms with Crippen molar-refractivity contribution < 1.29 is 14.7 Å². The van der Waals surface area contributed by atoms with Gasteiger partial charge >= 0.3 is 5.97 Å². The number of hydrogen-bond donors (Lipinski definition) is 3. The summed E-state index contributed by atoms with van der Waals surface area (Å²) >= 11 is 3.87. The van der Waals surface area contributed by atoms with Gasteiger partial charge in [0.15, 0.2) is 5.43 Å². The fourth-order valence-electron chi connectivity index (χ4n) is 1.71. The predicted molar refractivity (Wildman–Crippen MR) is 73.6 cm³/mol. The fraction of sp³-hybridized carbons (Fsp3) is 0.417. The van der Waals surface area contributed by atoms with Gasteiger partial charge < -0.3 is 15.0 Å². The van der Waals surface area contributed by atoms with Gasteiger partial charge in [0, 0.05) is 29.3 Å². The zero-order chi connectivity index (χ0) is 14.6. The number of carboxylic acids is 1. The SMILES string of the molecule is Cc1cc(=O)cc(C)n1CC(=O)NC(CS)C(=O)O. The lowest BCUT2D eigenvalue weighted by atomic mass is 10.2. The second-order valence-corrected chi connectivity index (χ2v) is 4.57. The van der Waals surface area contributed by atoms with Crippen LogP contribution in [0.2, 0.25) is 0 Å². The minimum Gasteiger partial charge on any atom is -0.480 e. The number of nitrogens with one attached hydrogen (secondary N) is 1. The van der Waals surface area contributed by atoms with Crippen LogP contribution in [0.5, 0.6) is 0 Å². The quantitative estimate of drug-likeness (QED) is 0.662. The molecule has 2 N–H and O–H groups in total. The normalized spacial score (nSPS) is 11.9. The molecule has 1 heterocycles. The van der Waals surface area contributed by atoms with Gasteiger partial charge in [0.25, 0.3) is 0 Å². The molecule has 0 radical (unpaired) electrons. The first kappa shape index (κ1) is 15.3. The Morgan fingerprint density at radius 2 is 1.89 bits per heavy atom. The largest absolute Gasteiger partial charge is 0.480 e. The molecule has 0 fully saturated rings. The van der Waals surface area contributed by atoms with Crippen LogP contribution >= 0.6 is 12.6 Å². The molecule has 1 rings (SSSR count). The molecule has 1 amide bonds. The summed E-state index contributed by atoms with van der Waals surface area (Å²) < 4.78 is 1.65. The minimum absolute atomic E-state index is 0.0171. The summed E-state index contributed by atoms with van der Waals surface area (Å²) in [6, 6.07) is 1.83. The molecule has 0 aliphatic carbocycles. The maximum atomic E-state index is 11.8. The maximum absolute atomic E-state index is 11.8. The van der Waals surface area contributed by atoms with Crippen molar-refractivity contribution in [1.29, 1.82) is 0 Å². The third-order valence-corrected chi connectivity index (χ3v) is 3.04. The highest BCUT2D eigenvalue weighted by atomic mass is 32.1.